The lowest BCUT2D eigenvalue weighted by molar-refractivity contribution is 0.0992. The van der Waals surface area contributed by atoms with Crippen LogP contribution in [0.4, 0.5) is 10.1 Å². The third kappa shape index (κ3) is 5.10. The minimum atomic E-state index is -0.341. The van der Waals surface area contributed by atoms with Crippen LogP contribution in [0.5, 0.6) is 5.75 Å². The lowest BCUT2D eigenvalue weighted by atomic mass is 9.98. The Bertz CT molecular complexity index is 1140. The number of benzene rings is 2. The zero-order chi connectivity index (χ0) is 22.8. The van der Waals surface area contributed by atoms with Crippen LogP contribution >= 0.6 is 0 Å². The molecular formula is C24H25FN4O2. The number of aryl methyl sites for hydroxylation is 1. The average Bonchev–Trinajstić information content (AvgIpc) is 3.12. The highest BCUT2D eigenvalue weighted by Gasteiger charge is 2.21. The Morgan fingerprint density at radius 3 is 2.52 bits per heavy atom. The molecule has 0 aliphatic carbocycles. The van der Waals surface area contributed by atoms with Crippen molar-refractivity contribution in [2.75, 3.05) is 18.6 Å². The van der Waals surface area contributed by atoms with Gasteiger partial charge in [-0.15, -0.1) is 0 Å². The van der Waals surface area contributed by atoms with E-state index >= 15 is 0 Å². The van der Waals surface area contributed by atoms with Gasteiger partial charge in [0.05, 0.1) is 29.1 Å². The lowest BCUT2D eigenvalue weighted by Gasteiger charge is -2.21. The summed E-state index contributed by atoms with van der Waals surface area (Å²) >= 11 is 0. The third-order valence-electron chi connectivity index (χ3n) is 4.66. The summed E-state index contributed by atoms with van der Waals surface area (Å²) in [5.74, 6) is -0.118. The summed E-state index contributed by atoms with van der Waals surface area (Å²) in [4.78, 5) is 14.6. The molecule has 7 heteroatoms. The number of rotatable bonds is 5. The normalized spacial score (nSPS) is 11.1. The number of ether oxygens (including phenoxy) is 1. The first-order chi connectivity index (χ1) is 14.6. The molecule has 2 aromatic carbocycles. The van der Waals surface area contributed by atoms with Gasteiger partial charge >= 0.3 is 0 Å². The number of nitriles is 1. The van der Waals surface area contributed by atoms with Gasteiger partial charge in [-0.25, -0.2) is 9.07 Å². The van der Waals surface area contributed by atoms with Gasteiger partial charge in [0, 0.05) is 18.9 Å². The Kier molecular flexibility index (Phi) is 6.11. The summed E-state index contributed by atoms with van der Waals surface area (Å²) in [7, 11) is 1.64. The molecule has 3 aromatic rings. The number of carbonyl (C=O) groups excluding carboxylic acids is 1. The molecule has 0 fully saturated rings. The van der Waals surface area contributed by atoms with E-state index in [0.717, 1.165) is 0 Å². The van der Waals surface area contributed by atoms with Gasteiger partial charge in [-0.3, -0.25) is 4.79 Å². The highest BCUT2D eigenvalue weighted by molar-refractivity contribution is 6.06. The smallest absolute Gasteiger partial charge is 0.261 e. The van der Waals surface area contributed by atoms with Crippen molar-refractivity contribution < 1.29 is 13.9 Å². The molecule has 0 saturated carbocycles. The SMILES string of the molecule is Cc1nn(-c2ccc(F)cc2)cc1C(=O)N(C)c1ccc(OCC(C)(C)C)c(C#N)c1. The fourth-order valence-corrected chi connectivity index (χ4v) is 2.93. The van der Waals surface area contributed by atoms with Gasteiger partial charge in [0.15, 0.2) is 0 Å². The highest BCUT2D eigenvalue weighted by atomic mass is 19.1. The summed E-state index contributed by atoms with van der Waals surface area (Å²) in [5.41, 5.74) is 2.50. The number of nitrogens with zero attached hydrogens (tertiary/aromatic N) is 4. The second-order valence-corrected chi connectivity index (χ2v) is 8.55. The Balaban J connectivity index is 1.84. The van der Waals surface area contributed by atoms with Gasteiger partial charge < -0.3 is 9.64 Å². The van der Waals surface area contributed by atoms with Gasteiger partial charge in [-0.1, -0.05) is 20.8 Å². The summed E-state index contributed by atoms with van der Waals surface area (Å²) in [6, 6.07) is 13.1. The second kappa shape index (κ2) is 8.60. The van der Waals surface area contributed by atoms with Crippen LogP contribution in [0, 0.1) is 29.5 Å². The molecule has 0 aliphatic heterocycles. The fraction of sp³-hybridized carbons (Fsp3) is 0.292. The van der Waals surface area contributed by atoms with E-state index in [1.807, 2.05) is 20.8 Å². The molecule has 0 bridgehead atoms. The first-order valence-electron chi connectivity index (χ1n) is 9.86. The predicted octanol–water partition coefficient (Wildman–Crippen LogP) is 4.89. The van der Waals surface area contributed by atoms with Crippen molar-refractivity contribution in [3.8, 4) is 17.5 Å². The summed E-state index contributed by atoms with van der Waals surface area (Å²) in [6.07, 6.45) is 1.62. The van der Waals surface area contributed by atoms with Crippen LogP contribution in [0.1, 0.15) is 42.4 Å². The molecular weight excluding hydrogens is 395 g/mol. The Morgan fingerprint density at radius 1 is 1.23 bits per heavy atom. The zero-order valence-electron chi connectivity index (χ0n) is 18.3. The van der Waals surface area contributed by atoms with Crippen LogP contribution in [0.25, 0.3) is 5.69 Å². The molecule has 1 aromatic heterocycles. The average molecular weight is 420 g/mol. The third-order valence-corrected chi connectivity index (χ3v) is 4.66. The van der Waals surface area contributed by atoms with E-state index in [1.54, 1.807) is 55.2 Å². The van der Waals surface area contributed by atoms with Gasteiger partial charge in [-0.2, -0.15) is 10.4 Å². The monoisotopic (exact) mass is 420 g/mol. The summed E-state index contributed by atoms with van der Waals surface area (Å²) in [5, 5.41) is 13.9. The maximum absolute atomic E-state index is 13.2. The number of halogens is 1. The van der Waals surface area contributed by atoms with Crippen LogP contribution in [-0.4, -0.2) is 29.3 Å². The van der Waals surface area contributed by atoms with Crippen LogP contribution in [0.2, 0.25) is 0 Å². The van der Waals surface area contributed by atoms with Crippen LogP contribution in [0.3, 0.4) is 0 Å². The molecule has 0 aliphatic rings. The molecule has 160 valence electrons. The van der Waals surface area contributed by atoms with Crippen molar-refractivity contribution in [1.29, 1.82) is 5.26 Å². The molecule has 6 nitrogen and oxygen atoms in total. The van der Waals surface area contributed by atoms with Crippen LogP contribution in [-0.2, 0) is 0 Å². The predicted molar refractivity (Wildman–Crippen MR) is 117 cm³/mol. The summed E-state index contributed by atoms with van der Waals surface area (Å²) < 4.78 is 20.5. The van der Waals surface area contributed by atoms with E-state index in [-0.39, 0.29) is 17.1 Å². The first kappa shape index (κ1) is 22.0. The van der Waals surface area contributed by atoms with Crippen molar-refractivity contribution in [3.63, 3.8) is 0 Å². The Labute approximate surface area is 181 Å². The van der Waals surface area contributed by atoms with E-state index in [0.29, 0.717) is 40.6 Å². The molecule has 0 radical (unpaired) electrons. The molecule has 0 saturated heterocycles. The standard InChI is InChI=1S/C24H25FN4O2/c1-16-21(14-29(27-16)19-8-6-18(25)7-9-19)23(30)28(5)20-10-11-22(17(12-20)13-26)31-15-24(2,3)4/h6-12,14H,15H2,1-5H3. The van der Waals surface area contributed by atoms with Crippen LogP contribution in [0.15, 0.2) is 48.7 Å². The molecule has 1 heterocycles. The minimum absolute atomic E-state index is 0.0413. The zero-order valence-corrected chi connectivity index (χ0v) is 18.3. The maximum atomic E-state index is 13.2. The first-order valence-corrected chi connectivity index (χ1v) is 9.86. The second-order valence-electron chi connectivity index (χ2n) is 8.55. The molecule has 0 N–H and O–H groups in total. The molecule has 3 rings (SSSR count). The number of hydrogen-bond donors (Lipinski definition) is 0. The van der Waals surface area contributed by atoms with Crippen LogP contribution < -0.4 is 9.64 Å². The van der Waals surface area contributed by atoms with Crippen molar-refractivity contribution in [3.05, 3.63) is 71.3 Å². The van der Waals surface area contributed by atoms with Gasteiger partial charge in [0.2, 0.25) is 0 Å². The van der Waals surface area contributed by atoms with E-state index in [2.05, 4.69) is 11.2 Å². The lowest BCUT2D eigenvalue weighted by Crippen LogP contribution is -2.26. The quantitative estimate of drug-likeness (QED) is 0.589. The molecule has 1 amide bonds. The number of hydrogen-bond acceptors (Lipinski definition) is 4. The minimum Gasteiger partial charge on any atom is -0.492 e. The van der Waals surface area contributed by atoms with Crippen molar-refractivity contribution in [2.45, 2.75) is 27.7 Å². The Hall–Kier alpha value is -3.66. The van der Waals surface area contributed by atoms with E-state index < -0.39 is 0 Å². The van der Waals surface area contributed by atoms with Gasteiger partial charge in [-0.05, 0) is 54.8 Å². The Morgan fingerprint density at radius 2 is 1.90 bits per heavy atom. The van der Waals surface area contributed by atoms with Gasteiger partial charge in [0.25, 0.3) is 5.91 Å². The fourth-order valence-electron chi connectivity index (χ4n) is 2.93. The number of aromatic nitrogens is 2. The number of anilines is 1. The molecule has 0 spiro atoms. The molecule has 0 atom stereocenters. The topological polar surface area (TPSA) is 71.2 Å². The van der Waals surface area contributed by atoms with Crippen molar-refractivity contribution >= 4 is 11.6 Å². The van der Waals surface area contributed by atoms with Crippen molar-refractivity contribution in [2.24, 2.45) is 5.41 Å². The van der Waals surface area contributed by atoms with E-state index in [1.165, 1.54) is 17.0 Å². The van der Waals surface area contributed by atoms with E-state index in [9.17, 15) is 14.4 Å². The molecule has 0 unspecified atom stereocenters. The van der Waals surface area contributed by atoms with Crippen molar-refractivity contribution in [1.82, 2.24) is 9.78 Å². The number of carbonyl (C=O) groups is 1. The molecule has 31 heavy (non-hydrogen) atoms. The summed E-state index contributed by atoms with van der Waals surface area (Å²) in [6.45, 7) is 8.36. The highest BCUT2D eigenvalue weighted by Crippen LogP contribution is 2.27. The largest absolute Gasteiger partial charge is 0.492 e. The number of amides is 1. The van der Waals surface area contributed by atoms with E-state index in [4.69, 9.17) is 4.74 Å². The van der Waals surface area contributed by atoms with Gasteiger partial charge in [0.1, 0.15) is 17.6 Å². The maximum Gasteiger partial charge on any atom is 0.261 e.